The van der Waals surface area contributed by atoms with Gasteiger partial charge in [0.25, 0.3) is 0 Å². The molecule has 1 aromatic rings. The summed E-state index contributed by atoms with van der Waals surface area (Å²) in [4.78, 5) is 12.1. The van der Waals surface area contributed by atoms with Gasteiger partial charge in [-0.25, -0.2) is 21.5 Å². The number of hydrogen-bond acceptors (Lipinski definition) is 3. The highest BCUT2D eigenvalue weighted by atomic mass is 32.2. The predicted molar refractivity (Wildman–Crippen MR) is 74.1 cm³/mol. The molecular formula is C13H16F2N2O3S. The van der Waals surface area contributed by atoms with Crippen molar-refractivity contribution in [1.82, 2.24) is 4.31 Å². The molecule has 8 heteroatoms. The number of hydrogen-bond donors (Lipinski definition) is 1. The van der Waals surface area contributed by atoms with Gasteiger partial charge in [0.05, 0.1) is 17.9 Å². The van der Waals surface area contributed by atoms with Crippen LogP contribution in [0.1, 0.15) is 12.8 Å². The summed E-state index contributed by atoms with van der Waals surface area (Å²) in [5.74, 6) is -3.25. The third kappa shape index (κ3) is 3.76. The fourth-order valence-corrected chi connectivity index (χ4v) is 3.20. The third-order valence-corrected chi connectivity index (χ3v) is 4.70. The van der Waals surface area contributed by atoms with Crippen LogP contribution in [0.5, 0.6) is 0 Å². The zero-order valence-electron chi connectivity index (χ0n) is 11.5. The maximum absolute atomic E-state index is 13.5. The number of carbonyl (C=O) groups is 1. The summed E-state index contributed by atoms with van der Waals surface area (Å²) < 4.78 is 50.8. The highest BCUT2D eigenvalue weighted by molar-refractivity contribution is 7.88. The molecule has 1 amide bonds. The van der Waals surface area contributed by atoms with Crippen molar-refractivity contribution in [1.29, 1.82) is 0 Å². The summed E-state index contributed by atoms with van der Waals surface area (Å²) in [6.07, 6.45) is 2.14. The fourth-order valence-electron chi connectivity index (χ4n) is 2.29. The minimum atomic E-state index is -3.36. The van der Waals surface area contributed by atoms with Gasteiger partial charge in [0.2, 0.25) is 15.9 Å². The molecule has 0 spiro atoms. The summed E-state index contributed by atoms with van der Waals surface area (Å²) in [5, 5.41) is 2.32. The molecule has 21 heavy (non-hydrogen) atoms. The van der Waals surface area contributed by atoms with Crippen LogP contribution in [0.2, 0.25) is 0 Å². The van der Waals surface area contributed by atoms with Gasteiger partial charge in [0.15, 0.2) is 11.6 Å². The van der Waals surface area contributed by atoms with Gasteiger partial charge in [0.1, 0.15) is 0 Å². The van der Waals surface area contributed by atoms with E-state index in [1.165, 1.54) is 16.4 Å². The molecular weight excluding hydrogens is 302 g/mol. The molecule has 1 aliphatic heterocycles. The number of benzene rings is 1. The van der Waals surface area contributed by atoms with Crippen LogP contribution >= 0.6 is 0 Å². The van der Waals surface area contributed by atoms with Crippen LogP contribution in [0.25, 0.3) is 0 Å². The van der Waals surface area contributed by atoms with Crippen LogP contribution in [0.15, 0.2) is 18.2 Å². The number of amides is 1. The van der Waals surface area contributed by atoms with Crippen molar-refractivity contribution in [3.63, 3.8) is 0 Å². The van der Waals surface area contributed by atoms with Crippen molar-refractivity contribution in [3.05, 3.63) is 29.8 Å². The Morgan fingerprint density at radius 3 is 2.76 bits per heavy atom. The monoisotopic (exact) mass is 318 g/mol. The molecule has 0 aromatic heterocycles. The number of nitrogens with zero attached hydrogens (tertiary/aromatic N) is 1. The Labute approximate surface area is 122 Å². The number of rotatable bonds is 3. The van der Waals surface area contributed by atoms with Gasteiger partial charge in [-0.3, -0.25) is 4.79 Å². The lowest BCUT2D eigenvalue weighted by atomic mass is 9.98. The maximum Gasteiger partial charge on any atom is 0.228 e. The fraction of sp³-hybridized carbons (Fsp3) is 0.462. The van der Waals surface area contributed by atoms with E-state index in [-0.39, 0.29) is 12.2 Å². The van der Waals surface area contributed by atoms with Gasteiger partial charge >= 0.3 is 0 Å². The second-order valence-corrected chi connectivity index (χ2v) is 7.03. The molecule has 1 saturated heterocycles. The first kappa shape index (κ1) is 15.8. The number of carbonyl (C=O) groups excluding carboxylic acids is 1. The minimum absolute atomic E-state index is 0.0571. The first-order chi connectivity index (χ1) is 9.79. The van der Waals surface area contributed by atoms with Crippen LogP contribution < -0.4 is 5.32 Å². The summed E-state index contributed by atoms with van der Waals surface area (Å²) in [7, 11) is -3.36. The highest BCUT2D eigenvalue weighted by Crippen LogP contribution is 2.22. The summed E-state index contributed by atoms with van der Waals surface area (Å²) in [6, 6.07) is 3.50. The third-order valence-electron chi connectivity index (χ3n) is 3.43. The topological polar surface area (TPSA) is 66.5 Å². The largest absolute Gasteiger partial charge is 0.323 e. The Morgan fingerprint density at radius 1 is 1.38 bits per heavy atom. The molecule has 1 fully saturated rings. The highest BCUT2D eigenvalue weighted by Gasteiger charge is 2.30. The number of nitrogens with one attached hydrogen (secondary N) is 1. The van der Waals surface area contributed by atoms with E-state index in [2.05, 4.69) is 5.32 Å². The SMILES string of the molecule is CS(=O)(=O)N1CCC[C@@H](C(=O)Nc2cccc(F)c2F)C1. The van der Waals surface area contributed by atoms with Gasteiger partial charge < -0.3 is 5.32 Å². The molecule has 0 radical (unpaired) electrons. The maximum atomic E-state index is 13.5. The smallest absolute Gasteiger partial charge is 0.228 e. The van der Waals surface area contributed by atoms with E-state index in [1.807, 2.05) is 0 Å². The molecule has 0 bridgehead atoms. The lowest BCUT2D eigenvalue weighted by Gasteiger charge is -2.30. The molecule has 0 unspecified atom stereocenters. The Morgan fingerprint density at radius 2 is 2.10 bits per heavy atom. The molecule has 2 rings (SSSR count). The first-order valence-corrected chi connectivity index (χ1v) is 8.34. The van der Waals surface area contributed by atoms with E-state index >= 15 is 0 Å². The van der Waals surface area contributed by atoms with Crippen molar-refractivity contribution < 1.29 is 22.0 Å². The molecule has 1 N–H and O–H groups in total. The number of sulfonamides is 1. The molecule has 0 saturated carbocycles. The zero-order chi connectivity index (χ0) is 15.6. The predicted octanol–water partition coefficient (Wildman–Crippen LogP) is 1.57. The molecule has 1 aromatic carbocycles. The normalized spacial score (nSPS) is 20.2. The van der Waals surface area contributed by atoms with E-state index in [4.69, 9.17) is 0 Å². The first-order valence-electron chi connectivity index (χ1n) is 6.49. The Kier molecular flexibility index (Phi) is 4.58. The Hall–Kier alpha value is -1.54. The van der Waals surface area contributed by atoms with Gasteiger partial charge in [-0.05, 0) is 25.0 Å². The Balaban J connectivity index is 2.08. The van der Waals surface area contributed by atoms with E-state index < -0.39 is 33.5 Å². The van der Waals surface area contributed by atoms with Gasteiger partial charge in [-0.1, -0.05) is 6.07 Å². The molecule has 1 heterocycles. The number of anilines is 1. The second kappa shape index (κ2) is 6.07. The standard InChI is InChI=1S/C13H16F2N2O3S/c1-21(19,20)17-7-3-4-9(8-17)13(18)16-11-6-2-5-10(14)12(11)15/h2,5-6,9H,3-4,7-8H2,1H3,(H,16,18)/t9-/m1/s1. The van der Waals surface area contributed by atoms with Crippen LogP contribution in [0, 0.1) is 17.6 Å². The van der Waals surface area contributed by atoms with Gasteiger partial charge in [0, 0.05) is 13.1 Å². The van der Waals surface area contributed by atoms with Crippen molar-refractivity contribution >= 4 is 21.6 Å². The molecule has 5 nitrogen and oxygen atoms in total. The van der Waals surface area contributed by atoms with E-state index in [0.29, 0.717) is 19.4 Å². The minimum Gasteiger partial charge on any atom is -0.323 e. The molecule has 1 atom stereocenters. The van der Waals surface area contributed by atoms with Crippen molar-refractivity contribution in [2.75, 3.05) is 24.7 Å². The lowest BCUT2D eigenvalue weighted by molar-refractivity contribution is -0.120. The lowest BCUT2D eigenvalue weighted by Crippen LogP contribution is -2.43. The Bertz CT molecular complexity index is 649. The van der Waals surface area contributed by atoms with E-state index in [1.54, 1.807) is 0 Å². The summed E-state index contributed by atoms with van der Waals surface area (Å²) >= 11 is 0. The van der Waals surface area contributed by atoms with Crippen LogP contribution in [0.3, 0.4) is 0 Å². The zero-order valence-corrected chi connectivity index (χ0v) is 12.3. The quantitative estimate of drug-likeness (QED) is 0.920. The van der Waals surface area contributed by atoms with E-state index in [0.717, 1.165) is 12.3 Å². The van der Waals surface area contributed by atoms with Crippen molar-refractivity contribution in [2.24, 2.45) is 5.92 Å². The average Bonchev–Trinajstić information content (AvgIpc) is 2.43. The van der Waals surface area contributed by atoms with Crippen LogP contribution in [-0.4, -0.2) is 38.0 Å². The van der Waals surface area contributed by atoms with Crippen LogP contribution in [-0.2, 0) is 14.8 Å². The van der Waals surface area contributed by atoms with Gasteiger partial charge in [-0.2, -0.15) is 0 Å². The molecule has 1 aliphatic rings. The average molecular weight is 318 g/mol. The van der Waals surface area contributed by atoms with Crippen molar-refractivity contribution in [3.8, 4) is 0 Å². The van der Waals surface area contributed by atoms with Gasteiger partial charge in [-0.15, -0.1) is 0 Å². The molecule has 0 aliphatic carbocycles. The summed E-state index contributed by atoms with van der Waals surface area (Å²) in [5.41, 5.74) is -0.239. The second-order valence-electron chi connectivity index (χ2n) is 5.05. The summed E-state index contributed by atoms with van der Waals surface area (Å²) in [6.45, 7) is 0.429. The van der Waals surface area contributed by atoms with Crippen molar-refractivity contribution in [2.45, 2.75) is 12.8 Å². The van der Waals surface area contributed by atoms with Crippen LogP contribution in [0.4, 0.5) is 14.5 Å². The number of halogens is 2. The number of piperidine rings is 1. The molecule has 116 valence electrons. The van der Waals surface area contributed by atoms with E-state index in [9.17, 15) is 22.0 Å².